The number of carbonyl (C=O) groups is 1. The first-order valence-corrected chi connectivity index (χ1v) is 17.0. The summed E-state index contributed by atoms with van der Waals surface area (Å²) in [6, 6.07) is 47.7. The Kier molecular flexibility index (Phi) is 9.69. The lowest BCUT2D eigenvalue weighted by atomic mass is 9.77. The molecule has 9 nitrogen and oxygen atoms in total. The van der Waals surface area contributed by atoms with Crippen molar-refractivity contribution in [2.24, 2.45) is 0 Å². The Morgan fingerprint density at radius 3 is 1.86 bits per heavy atom. The number of benzene rings is 5. The molecular formula is C42H37N7O2. The van der Waals surface area contributed by atoms with Crippen molar-refractivity contribution in [2.75, 3.05) is 11.9 Å². The highest BCUT2D eigenvalue weighted by molar-refractivity contribution is 5.94. The second-order valence-corrected chi connectivity index (χ2v) is 11.9. The summed E-state index contributed by atoms with van der Waals surface area (Å²) in [7, 11) is 0. The lowest BCUT2D eigenvalue weighted by Gasteiger charge is -2.36. The zero-order valence-electron chi connectivity index (χ0n) is 28.5. The Hall–Kier alpha value is -6.48. The summed E-state index contributed by atoms with van der Waals surface area (Å²) in [5.74, 6) is 1.29. The number of carbonyl (C=O) groups excluding carboxylic acids is 1. The van der Waals surface area contributed by atoms with E-state index in [0.29, 0.717) is 36.0 Å². The molecule has 0 fully saturated rings. The van der Waals surface area contributed by atoms with Gasteiger partial charge < -0.3 is 10.1 Å². The number of aromatic nitrogens is 6. The molecule has 2 heterocycles. The van der Waals surface area contributed by atoms with E-state index >= 15 is 0 Å². The third kappa shape index (κ3) is 6.49. The van der Waals surface area contributed by atoms with E-state index in [1.807, 2.05) is 41.9 Å². The molecular weight excluding hydrogens is 635 g/mol. The van der Waals surface area contributed by atoms with Crippen molar-refractivity contribution in [1.29, 1.82) is 0 Å². The van der Waals surface area contributed by atoms with E-state index in [1.165, 1.54) is 6.20 Å². The molecule has 1 N–H and O–H groups in total. The van der Waals surface area contributed by atoms with Gasteiger partial charge in [-0.3, -0.25) is 0 Å². The third-order valence-corrected chi connectivity index (χ3v) is 8.90. The molecule has 0 spiro atoms. The molecule has 7 aromatic rings. The van der Waals surface area contributed by atoms with Crippen molar-refractivity contribution in [2.45, 2.75) is 32.4 Å². The van der Waals surface area contributed by atoms with Crippen LogP contribution in [0.3, 0.4) is 0 Å². The fourth-order valence-corrected chi connectivity index (χ4v) is 6.49. The lowest BCUT2D eigenvalue weighted by Crippen LogP contribution is -2.39. The number of hydrogen-bond donors (Lipinski definition) is 1. The van der Waals surface area contributed by atoms with Gasteiger partial charge in [0.05, 0.1) is 6.61 Å². The first-order valence-electron chi connectivity index (χ1n) is 17.0. The van der Waals surface area contributed by atoms with Crippen LogP contribution in [0.25, 0.3) is 22.5 Å². The molecule has 0 amide bonds. The number of ether oxygens (including phenoxy) is 1. The van der Waals surface area contributed by atoms with E-state index in [4.69, 9.17) is 9.95 Å². The van der Waals surface area contributed by atoms with Crippen LogP contribution in [-0.2, 0) is 23.2 Å². The minimum atomic E-state index is -0.869. The van der Waals surface area contributed by atoms with Gasteiger partial charge in [-0.25, -0.2) is 19.4 Å². The van der Waals surface area contributed by atoms with Gasteiger partial charge in [0.2, 0.25) is 0 Å². The maximum Gasteiger partial charge on any atom is 0.343 e. The van der Waals surface area contributed by atoms with Crippen molar-refractivity contribution < 1.29 is 9.53 Å². The third-order valence-electron chi connectivity index (χ3n) is 8.90. The number of esters is 1. The highest BCUT2D eigenvalue weighted by atomic mass is 16.5. The average Bonchev–Trinajstić information content (AvgIpc) is 3.69. The van der Waals surface area contributed by atoms with Gasteiger partial charge in [-0.05, 0) is 50.7 Å². The number of rotatable bonds is 12. The highest BCUT2D eigenvalue weighted by Gasteiger charge is 2.42. The van der Waals surface area contributed by atoms with Gasteiger partial charge >= 0.3 is 5.97 Å². The van der Waals surface area contributed by atoms with Crippen molar-refractivity contribution in [3.8, 4) is 22.5 Å². The standard InChI is InChI=1S/C42H37N7O2/c1-3-38-43-29-37(41(50)51-4-2)39(45-38)44-28-30-24-26-31(27-25-30)35-22-14-15-23-36(35)40-46-47-48-49(40)42(32-16-8-5-9-17-32,33-18-10-6-11-19-33)34-20-12-7-13-21-34/h5-27,29H,3-4,28H2,1-2H3,(H,43,44,45). The minimum Gasteiger partial charge on any atom is -0.462 e. The number of nitrogens with zero attached hydrogens (tertiary/aromatic N) is 6. The Morgan fingerprint density at radius 2 is 1.29 bits per heavy atom. The smallest absolute Gasteiger partial charge is 0.343 e. The highest BCUT2D eigenvalue weighted by Crippen LogP contribution is 2.43. The number of tetrazole rings is 1. The maximum atomic E-state index is 12.6. The SMILES string of the molecule is CCOC(=O)c1cnc(CC)nc1NCc1ccc(-c2ccccc2-c2nnnn2C(c2ccccc2)(c2ccccc2)c2ccccc2)cc1. The normalized spacial score (nSPS) is 11.3. The number of aryl methyl sites for hydroxylation is 1. The minimum absolute atomic E-state index is 0.273. The Labute approximate surface area is 297 Å². The lowest BCUT2D eigenvalue weighted by molar-refractivity contribution is 0.0526. The van der Waals surface area contributed by atoms with Gasteiger partial charge in [0.15, 0.2) is 5.82 Å². The van der Waals surface area contributed by atoms with E-state index in [-0.39, 0.29) is 6.61 Å². The maximum absolute atomic E-state index is 12.6. The second-order valence-electron chi connectivity index (χ2n) is 11.9. The molecule has 9 heteroatoms. The van der Waals surface area contributed by atoms with E-state index in [0.717, 1.165) is 38.9 Å². The van der Waals surface area contributed by atoms with Gasteiger partial charge in [-0.2, -0.15) is 0 Å². The molecule has 0 radical (unpaired) electrons. The van der Waals surface area contributed by atoms with E-state index in [9.17, 15) is 4.79 Å². The monoisotopic (exact) mass is 671 g/mol. The fraction of sp³-hybridized carbons (Fsp3) is 0.143. The molecule has 0 atom stereocenters. The number of hydrogen-bond acceptors (Lipinski definition) is 8. The summed E-state index contributed by atoms with van der Waals surface area (Å²) in [6.07, 6.45) is 2.18. The molecule has 0 saturated carbocycles. The van der Waals surface area contributed by atoms with Crippen LogP contribution in [0.2, 0.25) is 0 Å². The summed E-state index contributed by atoms with van der Waals surface area (Å²) < 4.78 is 7.19. The Balaban J connectivity index is 1.27. The molecule has 0 aliphatic rings. The van der Waals surface area contributed by atoms with E-state index in [1.54, 1.807) is 6.92 Å². The van der Waals surface area contributed by atoms with Crippen LogP contribution >= 0.6 is 0 Å². The topological polar surface area (TPSA) is 108 Å². The molecule has 0 bridgehead atoms. The Morgan fingerprint density at radius 1 is 0.725 bits per heavy atom. The largest absolute Gasteiger partial charge is 0.462 e. The van der Waals surface area contributed by atoms with Crippen molar-refractivity contribution in [3.63, 3.8) is 0 Å². The first kappa shape index (κ1) is 33.0. The van der Waals surface area contributed by atoms with Crippen molar-refractivity contribution >= 4 is 11.8 Å². The molecule has 0 unspecified atom stereocenters. The van der Waals surface area contributed by atoms with Crippen LogP contribution < -0.4 is 5.32 Å². The molecule has 0 saturated heterocycles. The molecule has 0 aliphatic carbocycles. The summed E-state index contributed by atoms with van der Waals surface area (Å²) in [4.78, 5) is 21.4. The van der Waals surface area contributed by atoms with Crippen LogP contribution in [-0.4, -0.2) is 42.8 Å². The van der Waals surface area contributed by atoms with Gasteiger partial charge in [-0.15, -0.1) is 5.10 Å². The van der Waals surface area contributed by atoms with Gasteiger partial charge in [0.1, 0.15) is 22.7 Å². The zero-order valence-corrected chi connectivity index (χ0v) is 28.5. The molecule has 0 aliphatic heterocycles. The van der Waals surface area contributed by atoms with Gasteiger partial charge in [-0.1, -0.05) is 146 Å². The molecule has 252 valence electrons. The quantitative estimate of drug-likeness (QED) is 0.103. The number of nitrogens with one attached hydrogen (secondary N) is 1. The van der Waals surface area contributed by atoms with Gasteiger partial charge in [0, 0.05) is 24.7 Å². The van der Waals surface area contributed by atoms with Crippen molar-refractivity contribution in [1.82, 2.24) is 30.2 Å². The van der Waals surface area contributed by atoms with Crippen LogP contribution in [0.15, 0.2) is 146 Å². The predicted octanol–water partition coefficient (Wildman–Crippen LogP) is 7.99. The molecule has 5 aromatic carbocycles. The second kappa shape index (κ2) is 15.0. The summed E-state index contributed by atoms with van der Waals surface area (Å²) in [6.45, 7) is 4.48. The van der Waals surface area contributed by atoms with E-state index in [2.05, 4.69) is 135 Å². The molecule has 2 aromatic heterocycles. The first-order chi connectivity index (χ1) is 25.1. The van der Waals surface area contributed by atoms with Gasteiger partial charge in [0.25, 0.3) is 0 Å². The fourth-order valence-electron chi connectivity index (χ4n) is 6.49. The van der Waals surface area contributed by atoms with Crippen LogP contribution in [0, 0.1) is 0 Å². The van der Waals surface area contributed by atoms with Crippen LogP contribution in [0.5, 0.6) is 0 Å². The zero-order chi connectivity index (χ0) is 35.0. The van der Waals surface area contributed by atoms with E-state index < -0.39 is 11.5 Å². The van der Waals surface area contributed by atoms with Crippen LogP contribution in [0.1, 0.15) is 52.3 Å². The average molecular weight is 672 g/mol. The summed E-state index contributed by atoms with van der Waals surface area (Å²) in [5, 5.41) is 17.1. The Bertz CT molecular complexity index is 2130. The van der Waals surface area contributed by atoms with Crippen molar-refractivity contribution in [3.05, 3.63) is 179 Å². The molecule has 51 heavy (non-hydrogen) atoms. The summed E-state index contributed by atoms with van der Waals surface area (Å²) >= 11 is 0. The predicted molar refractivity (Wildman–Crippen MR) is 198 cm³/mol. The molecule has 7 rings (SSSR count). The summed E-state index contributed by atoms with van der Waals surface area (Å²) in [5.41, 5.74) is 6.46. The number of anilines is 1. The van der Waals surface area contributed by atoms with Crippen LogP contribution in [0.4, 0.5) is 5.82 Å².